The van der Waals surface area contributed by atoms with E-state index in [1.165, 1.54) is 24.8 Å². The molecule has 2 aliphatic rings. The quantitative estimate of drug-likeness (QED) is 0.705. The predicted octanol–water partition coefficient (Wildman–Crippen LogP) is 2.72. The second-order valence-corrected chi connectivity index (χ2v) is 8.31. The van der Waals surface area contributed by atoms with Crippen LogP contribution >= 0.6 is 0 Å². The molecule has 0 spiro atoms. The molecule has 1 saturated heterocycles. The Hall–Kier alpha value is -2.70. The number of nitrogens with two attached hydrogens (primary N) is 1. The summed E-state index contributed by atoms with van der Waals surface area (Å²) in [5.74, 6) is -0.681. The Bertz CT molecular complexity index is 900. The van der Waals surface area contributed by atoms with E-state index >= 15 is 0 Å². The SMILES string of the molecule is NC(=O)c1ccccc1CC(=O)Nc1ccc(C2(CCN3CCOCC3)CC2)cc1. The molecule has 6 nitrogen and oxygen atoms in total. The monoisotopic (exact) mass is 407 g/mol. The largest absolute Gasteiger partial charge is 0.379 e. The fraction of sp³-hybridized carbons (Fsp3) is 0.417. The first-order chi connectivity index (χ1) is 14.6. The smallest absolute Gasteiger partial charge is 0.248 e. The Morgan fingerprint density at radius 2 is 1.73 bits per heavy atom. The van der Waals surface area contributed by atoms with Crippen LogP contribution in [-0.2, 0) is 21.4 Å². The molecular weight excluding hydrogens is 378 g/mol. The van der Waals surface area contributed by atoms with Crippen molar-refractivity contribution in [1.82, 2.24) is 4.90 Å². The Labute approximate surface area is 177 Å². The van der Waals surface area contributed by atoms with Crippen molar-refractivity contribution in [2.24, 2.45) is 5.73 Å². The third-order valence-electron chi connectivity index (χ3n) is 6.28. The first-order valence-electron chi connectivity index (χ1n) is 10.6. The molecule has 0 aromatic heterocycles. The average molecular weight is 408 g/mol. The van der Waals surface area contributed by atoms with E-state index in [4.69, 9.17) is 10.5 Å². The molecule has 2 fully saturated rings. The first kappa shape index (κ1) is 20.6. The summed E-state index contributed by atoms with van der Waals surface area (Å²) in [6.45, 7) is 4.84. The highest BCUT2D eigenvalue weighted by atomic mass is 16.5. The van der Waals surface area contributed by atoms with Crippen LogP contribution in [0.2, 0.25) is 0 Å². The number of carbonyl (C=O) groups excluding carboxylic acids is 2. The molecule has 2 aromatic carbocycles. The van der Waals surface area contributed by atoms with Gasteiger partial charge in [0, 0.05) is 24.3 Å². The number of amides is 2. The standard InChI is InChI=1S/C24H29N3O3/c25-23(29)21-4-2-1-3-18(21)17-22(28)26-20-7-5-19(6-8-20)24(9-10-24)11-12-27-13-15-30-16-14-27/h1-8H,9-17H2,(H2,25,29)(H,26,28). The molecule has 2 amide bonds. The van der Waals surface area contributed by atoms with Crippen LogP contribution in [0.15, 0.2) is 48.5 Å². The average Bonchev–Trinajstić information content (AvgIpc) is 3.55. The van der Waals surface area contributed by atoms with Gasteiger partial charge in [0.1, 0.15) is 0 Å². The zero-order valence-electron chi connectivity index (χ0n) is 17.2. The van der Waals surface area contributed by atoms with Crippen LogP contribution in [0.3, 0.4) is 0 Å². The number of nitrogens with zero attached hydrogens (tertiary/aromatic N) is 1. The van der Waals surface area contributed by atoms with Gasteiger partial charge < -0.3 is 15.8 Å². The Balaban J connectivity index is 1.33. The lowest BCUT2D eigenvalue weighted by atomic mass is 9.92. The molecular formula is C24H29N3O3. The molecule has 30 heavy (non-hydrogen) atoms. The molecule has 0 atom stereocenters. The van der Waals surface area contributed by atoms with E-state index in [1.54, 1.807) is 24.3 Å². The van der Waals surface area contributed by atoms with E-state index in [-0.39, 0.29) is 12.3 Å². The summed E-state index contributed by atoms with van der Waals surface area (Å²) in [5, 5.41) is 2.93. The maximum absolute atomic E-state index is 12.4. The molecule has 0 unspecified atom stereocenters. The Morgan fingerprint density at radius 1 is 1.03 bits per heavy atom. The highest BCUT2D eigenvalue weighted by molar-refractivity contribution is 5.98. The Kier molecular flexibility index (Phi) is 6.16. The highest BCUT2D eigenvalue weighted by Crippen LogP contribution is 2.51. The minimum absolute atomic E-state index is 0.115. The van der Waals surface area contributed by atoms with Gasteiger partial charge in [-0.15, -0.1) is 0 Å². The van der Waals surface area contributed by atoms with Crippen molar-refractivity contribution in [2.45, 2.75) is 31.1 Å². The number of hydrogen-bond donors (Lipinski definition) is 2. The molecule has 1 heterocycles. The van der Waals surface area contributed by atoms with E-state index in [0.29, 0.717) is 16.5 Å². The summed E-state index contributed by atoms with van der Waals surface area (Å²) in [4.78, 5) is 26.5. The van der Waals surface area contributed by atoms with Crippen LogP contribution < -0.4 is 11.1 Å². The number of primary amides is 1. The lowest BCUT2D eigenvalue weighted by Gasteiger charge is -2.28. The van der Waals surface area contributed by atoms with E-state index < -0.39 is 5.91 Å². The second-order valence-electron chi connectivity index (χ2n) is 8.31. The molecule has 158 valence electrons. The van der Waals surface area contributed by atoms with E-state index in [1.807, 2.05) is 12.1 Å². The van der Waals surface area contributed by atoms with Crippen LogP contribution in [0.25, 0.3) is 0 Å². The van der Waals surface area contributed by atoms with Crippen molar-refractivity contribution in [2.75, 3.05) is 38.2 Å². The fourth-order valence-electron chi connectivity index (χ4n) is 4.23. The molecule has 1 aliphatic carbocycles. The second kappa shape index (κ2) is 8.98. The number of ether oxygens (including phenoxy) is 1. The summed E-state index contributed by atoms with van der Waals surface area (Å²) in [6.07, 6.45) is 3.74. The van der Waals surface area contributed by atoms with Crippen LogP contribution in [0.5, 0.6) is 0 Å². The first-order valence-corrected chi connectivity index (χ1v) is 10.6. The highest BCUT2D eigenvalue weighted by Gasteiger charge is 2.43. The molecule has 1 aliphatic heterocycles. The minimum Gasteiger partial charge on any atom is -0.379 e. The summed E-state index contributed by atoms with van der Waals surface area (Å²) >= 11 is 0. The number of nitrogens with one attached hydrogen (secondary N) is 1. The molecule has 6 heteroatoms. The number of rotatable bonds is 8. The van der Waals surface area contributed by atoms with Gasteiger partial charge >= 0.3 is 0 Å². The van der Waals surface area contributed by atoms with Crippen LogP contribution in [-0.4, -0.2) is 49.6 Å². The van der Waals surface area contributed by atoms with Crippen LogP contribution in [0.4, 0.5) is 5.69 Å². The number of benzene rings is 2. The van der Waals surface area contributed by atoms with Crippen LogP contribution in [0, 0.1) is 0 Å². The number of morpholine rings is 1. The van der Waals surface area contributed by atoms with Crippen molar-refractivity contribution in [3.8, 4) is 0 Å². The molecule has 0 bridgehead atoms. The Morgan fingerprint density at radius 3 is 2.40 bits per heavy atom. The van der Waals surface area contributed by atoms with Crippen LogP contribution in [0.1, 0.15) is 40.7 Å². The van der Waals surface area contributed by atoms with Crippen molar-refractivity contribution in [1.29, 1.82) is 0 Å². The lowest BCUT2D eigenvalue weighted by molar-refractivity contribution is -0.115. The van der Waals surface area contributed by atoms with E-state index in [0.717, 1.165) is 38.5 Å². The lowest BCUT2D eigenvalue weighted by Crippen LogP contribution is -2.37. The topological polar surface area (TPSA) is 84.7 Å². The van der Waals surface area contributed by atoms with Gasteiger partial charge in [-0.3, -0.25) is 14.5 Å². The maximum atomic E-state index is 12.4. The van der Waals surface area contributed by atoms with Crippen molar-refractivity contribution >= 4 is 17.5 Å². The number of hydrogen-bond acceptors (Lipinski definition) is 4. The maximum Gasteiger partial charge on any atom is 0.248 e. The van der Waals surface area contributed by atoms with Gasteiger partial charge in [0.15, 0.2) is 0 Å². The zero-order valence-corrected chi connectivity index (χ0v) is 17.2. The van der Waals surface area contributed by atoms with E-state index in [2.05, 4.69) is 22.3 Å². The third-order valence-corrected chi connectivity index (χ3v) is 6.28. The molecule has 1 saturated carbocycles. The van der Waals surface area contributed by atoms with Gasteiger partial charge in [0.2, 0.25) is 11.8 Å². The van der Waals surface area contributed by atoms with Gasteiger partial charge in [0.25, 0.3) is 0 Å². The normalized spacial score (nSPS) is 18.0. The fourth-order valence-corrected chi connectivity index (χ4v) is 4.23. The zero-order chi connectivity index (χ0) is 21.0. The third kappa shape index (κ3) is 4.89. The predicted molar refractivity (Wildman–Crippen MR) is 117 cm³/mol. The molecule has 4 rings (SSSR count). The van der Waals surface area contributed by atoms with Gasteiger partial charge in [-0.2, -0.15) is 0 Å². The van der Waals surface area contributed by atoms with Gasteiger partial charge in [-0.1, -0.05) is 30.3 Å². The van der Waals surface area contributed by atoms with Gasteiger partial charge in [-0.25, -0.2) is 0 Å². The molecule has 0 radical (unpaired) electrons. The van der Waals surface area contributed by atoms with Gasteiger partial charge in [-0.05, 0) is 60.5 Å². The van der Waals surface area contributed by atoms with Gasteiger partial charge in [0.05, 0.1) is 19.6 Å². The number of carbonyl (C=O) groups is 2. The van der Waals surface area contributed by atoms with Crippen molar-refractivity contribution in [3.63, 3.8) is 0 Å². The summed E-state index contributed by atoms with van der Waals surface area (Å²) < 4.78 is 5.43. The van der Waals surface area contributed by atoms with Crippen molar-refractivity contribution < 1.29 is 14.3 Å². The molecule has 3 N–H and O–H groups in total. The van der Waals surface area contributed by atoms with E-state index in [9.17, 15) is 9.59 Å². The minimum atomic E-state index is -0.519. The van der Waals surface area contributed by atoms with Crippen molar-refractivity contribution in [3.05, 3.63) is 65.2 Å². The molecule has 2 aromatic rings. The number of anilines is 1. The summed E-state index contributed by atoms with van der Waals surface area (Å²) in [5.41, 5.74) is 8.84. The summed E-state index contributed by atoms with van der Waals surface area (Å²) in [6, 6.07) is 15.2. The summed E-state index contributed by atoms with van der Waals surface area (Å²) in [7, 11) is 0.